The van der Waals surface area contributed by atoms with E-state index < -0.39 is 10.0 Å². The minimum Gasteiger partial charge on any atom is -0.310 e. The number of hydrogen-bond acceptors (Lipinski definition) is 4. The van der Waals surface area contributed by atoms with Crippen molar-refractivity contribution >= 4 is 21.6 Å². The molecule has 1 amide bonds. The molecule has 0 fully saturated rings. The van der Waals surface area contributed by atoms with Gasteiger partial charge < -0.3 is 4.90 Å². The van der Waals surface area contributed by atoms with Gasteiger partial charge in [-0.3, -0.25) is 4.79 Å². The number of sulfonamides is 1. The molecule has 0 unspecified atom stereocenters. The lowest BCUT2D eigenvalue weighted by Crippen LogP contribution is -2.38. The minimum atomic E-state index is -3.67. The summed E-state index contributed by atoms with van der Waals surface area (Å²) in [4.78, 5) is 13.5. The lowest BCUT2D eigenvalue weighted by Gasteiger charge is -2.22. The second kappa shape index (κ2) is 8.13. The van der Waals surface area contributed by atoms with Crippen LogP contribution < -0.4 is 9.62 Å². The Labute approximate surface area is 154 Å². The summed E-state index contributed by atoms with van der Waals surface area (Å²) in [5, 5.41) is 9.20. The summed E-state index contributed by atoms with van der Waals surface area (Å²) in [7, 11) is -3.67. The molecule has 0 bridgehead atoms. The van der Waals surface area contributed by atoms with Crippen molar-refractivity contribution in [1.29, 1.82) is 5.26 Å². The molecule has 0 atom stereocenters. The van der Waals surface area contributed by atoms with Crippen LogP contribution in [0.25, 0.3) is 0 Å². The first-order valence-electron chi connectivity index (χ1n) is 8.10. The van der Waals surface area contributed by atoms with Gasteiger partial charge in [-0.1, -0.05) is 18.2 Å². The summed E-state index contributed by atoms with van der Waals surface area (Å²) >= 11 is 0. The number of nitriles is 1. The van der Waals surface area contributed by atoms with Gasteiger partial charge in [-0.25, -0.2) is 13.1 Å². The Hall–Kier alpha value is -2.69. The molecule has 0 spiro atoms. The molecule has 0 aliphatic carbocycles. The fourth-order valence-corrected chi connectivity index (χ4v) is 3.61. The van der Waals surface area contributed by atoms with E-state index in [9.17, 15) is 18.5 Å². The molecule has 0 radical (unpaired) electrons. The SMILES string of the molecule is CC(=O)N(CCNS(=O)(=O)c1ccc(C)c(C)c1)c1ccccc1C#N. The zero-order chi connectivity index (χ0) is 19.3. The molecular weight excluding hydrogens is 350 g/mol. The van der Waals surface area contributed by atoms with Gasteiger partial charge in [-0.15, -0.1) is 0 Å². The van der Waals surface area contributed by atoms with Gasteiger partial charge in [0, 0.05) is 20.0 Å². The first-order valence-corrected chi connectivity index (χ1v) is 9.58. The number of carbonyl (C=O) groups excluding carboxylic acids is 1. The highest BCUT2D eigenvalue weighted by molar-refractivity contribution is 7.89. The van der Waals surface area contributed by atoms with E-state index in [1.807, 2.05) is 19.9 Å². The van der Waals surface area contributed by atoms with Crippen LogP contribution in [0.1, 0.15) is 23.6 Å². The zero-order valence-corrected chi connectivity index (χ0v) is 15.8. The molecule has 2 aromatic rings. The van der Waals surface area contributed by atoms with Crippen molar-refractivity contribution in [3.05, 3.63) is 59.2 Å². The van der Waals surface area contributed by atoms with Crippen LogP contribution in [0.15, 0.2) is 47.4 Å². The summed E-state index contributed by atoms with van der Waals surface area (Å²) in [5.41, 5.74) is 2.73. The molecule has 7 heteroatoms. The maximum atomic E-state index is 12.4. The van der Waals surface area contributed by atoms with Gasteiger partial charge in [0.2, 0.25) is 15.9 Å². The van der Waals surface area contributed by atoms with Crippen molar-refractivity contribution in [2.45, 2.75) is 25.7 Å². The Balaban J connectivity index is 2.14. The predicted octanol–water partition coefficient (Wildman–Crippen LogP) is 2.51. The van der Waals surface area contributed by atoms with Gasteiger partial charge in [0.05, 0.1) is 16.1 Å². The van der Waals surface area contributed by atoms with Crippen molar-refractivity contribution < 1.29 is 13.2 Å². The van der Waals surface area contributed by atoms with Crippen molar-refractivity contribution in [1.82, 2.24) is 4.72 Å². The Morgan fingerprint density at radius 3 is 2.46 bits per heavy atom. The summed E-state index contributed by atoms with van der Waals surface area (Å²) in [5.74, 6) is -0.266. The second-order valence-electron chi connectivity index (χ2n) is 5.94. The van der Waals surface area contributed by atoms with Crippen molar-refractivity contribution in [3.8, 4) is 6.07 Å². The molecule has 0 saturated heterocycles. The van der Waals surface area contributed by atoms with E-state index in [2.05, 4.69) is 4.72 Å². The summed E-state index contributed by atoms with van der Waals surface area (Å²) in [6.45, 7) is 5.31. The standard InChI is InChI=1S/C19H21N3O3S/c1-14-8-9-18(12-15(14)2)26(24,25)21-10-11-22(16(3)23)19-7-5-4-6-17(19)13-20/h4-9,12,21H,10-11H2,1-3H3. The molecule has 0 heterocycles. The number of benzene rings is 2. The van der Waals surface area contributed by atoms with Crippen molar-refractivity contribution in [2.75, 3.05) is 18.0 Å². The maximum absolute atomic E-state index is 12.4. The molecule has 6 nitrogen and oxygen atoms in total. The first-order chi connectivity index (χ1) is 12.3. The number of para-hydroxylation sites is 1. The molecule has 0 saturated carbocycles. The molecule has 2 aromatic carbocycles. The third-order valence-electron chi connectivity index (χ3n) is 4.11. The molecule has 136 valence electrons. The number of nitrogens with one attached hydrogen (secondary N) is 1. The van der Waals surface area contributed by atoms with E-state index in [1.54, 1.807) is 42.5 Å². The Morgan fingerprint density at radius 2 is 1.85 bits per heavy atom. The average Bonchev–Trinajstić information content (AvgIpc) is 2.60. The van der Waals surface area contributed by atoms with Gasteiger partial charge in [0.25, 0.3) is 0 Å². The highest BCUT2D eigenvalue weighted by Crippen LogP contribution is 2.19. The van der Waals surface area contributed by atoms with Crippen LogP contribution in [0.5, 0.6) is 0 Å². The van der Waals surface area contributed by atoms with Crippen molar-refractivity contribution in [2.24, 2.45) is 0 Å². The molecular formula is C19H21N3O3S. The van der Waals surface area contributed by atoms with Gasteiger partial charge in [-0.05, 0) is 49.2 Å². The normalized spacial score (nSPS) is 11.0. The monoisotopic (exact) mass is 371 g/mol. The van der Waals surface area contributed by atoms with Crippen LogP contribution in [-0.2, 0) is 14.8 Å². The largest absolute Gasteiger partial charge is 0.310 e. The number of rotatable bonds is 6. The van der Waals surface area contributed by atoms with E-state index in [-0.39, 0.29) is 23.9 Å². The number of hydrogen-bond donors (Lipinski definition) is 1. The third-order valence-corrected chi connectivity index (χ3v) is 5.57. The van der Waals surface area contributed by atoms with E-state index in [0.29, 0.717) is 11.3 Å². The first kappa shape index (κ1) is 19.6. The summed E-state index contributed by atoms with van der Waals surface area (Å²) in [6, 6.07) is 13.7. The number of aryl methyl sites for hydroxylation is 2. The average molecular weight is 371 g/mol. The quantitative estimate of drug-likeness (QED) is 0.845. The molecule has 2 rings (SSSR count). The molecule has 26 heavy (non-hydrogen) atoms. The van der Waals surface area contributed by atoms with E-state index >= 15 is 0 Å². The van der Waals surface area contributed by atoms with Crippen LogP contribution in [0.3, 0.4) is 0 Å². The highest BCUT2D eigenvalue weighted by Gasteiger charge is 2.18. The predicted molar refractivity (Wildman–Crippen MR) is 100 cm³/mol. The topological polar surface area (TPSA) is 90.3 Å². The Bertz CT molecular complexity index is 962. The zero-order valence-electron chi connectivity index (χ0n) is 15.0. The number of anilines is 1. The minimum absolute atomic E-state index is 0.0363. The highest BCUT2D eigenvalue weighted by atomic mass is 32.2. The van der Waals surface area contributed by atoms with Crippen molar-refractivity contribution in [3.63, 3.8) is 0 Å². The smallest absolute Gasteiger partial charge is 0.240 e. The van der Waals surface area contributed by atoms with E-state index in [1.165, 1.54) is 11.8 Å². The fourth-order valence-electron chi connectivity index (χ4n) is 2.51. The Morgan fingerprint density at radius 1 is 1.15 bits per heavy atom. The van der Waals surface area contributed by atoms with Gasteiger partial charge >= 0.3 is 0 Å². The van der Waals surface area contributed by atoms with E-state index in [4.69, 9.17) is 0 Å². The maximum Gasteiger partial charge on any atom is 0.240 e. The summed E-state index contributed by atoms with van der Waals surface area (Å²) < 4.78 is 27.4. The third kappa shape index (κ3) is 4.48. The van der Waals surface area contributed by atoms with Crippen LogP contribution in [0.2, 0.25) is 0 Å². The fraction of sp³-hybridized carbons (Fsp3) is 0.263. The lowest BCUT2D eigenvalue weighted by atomic mass is 10.1. The van der Waals surface area contributed by atoms with Gasteiger partial charge in [-0.2, -0.15) is 5.26 Å². The number of carbonyl (C=O) groups is 1. The van der Waals surface area contributed by atoms with Gasteiger partial charge in [0.1, 0.15) is 6.07 Å². The van der Waals surface area contributed by atoms with Crippen LogP contribution in [0.4, 0.5) is 5.69 Å². The molecule has 0 aromatic heterocycles. The molecule has 1 N–H and O–H groups in total. The second-order valence-corrected chi connectivity index (χ2v) is 7.71. The van der Waals surface area contributed by atoms with Crippen LogP contribution in [-0.4, -0.2) is 27.4 Å². The van der Waals surface area contributed by atoms with Crippen LogP contribution in [0, 0.1) is 25.2 Å². The van der Waals surface area contributed by atoms with Gasteiger partial charge in [0.15, 0.2) is 0 Å². The lowest BCUT2D eigenvalue weighted by molar-refractivity contribution is -0.116. The van der Waals surface area contributed by atoms with Crippen LogP contribution >= 0.6 is 0 Å². The van der Waals surface area contributed by atoms with E-state index in [0.717, 1.165) is 11.1 Å². The number of amides is 1. The molecule has 0 aliphatic heterocycles. The summed E-state index contributed by atoms with van der Waals surface area (Å²) in [6.07, 6.45) is 0. The molecule has 0 aliphatic rings. The number of nitrogens with zero attached hydrogens (tertiary/aromatic N) is 2. The Kier molecular flexibility index (Phi) is 6.14.